The van der Waals surface area contributed by atoms with Crippen molar-refractivity contribution in [2.24, 2.45) is 5.41 Å². The highest BCUT2D eigenvalue weighted by Gasteiger charge is 2.36. The lowest BCUT2D eigenvalue weighted by Gasteiger charge is -2.38. The van der Waals surface area contributed by atoms with Crippen molar-refractivity contribution in [1.82, 2.24) is 15.5 Å². The van der Waals surface area contributed by atoms with Crippen molar-refractivity contribution in [3.05, 3.63) is 0 Å². The van der Waals surface area contributed by atoms with Gasteiger partial charge >= 0.3 is 0 Å². The second-order valence-electron chi connectivity index (χ2n) is 5.49. The SMILES string of the molecule is CN(C)C(=O)CNC(=O)C1NCCCC1(C)C. The summed E-state index contributed by atoms with van der Waals surface area (Å²) in [6, 6.07) is -0.203. The molecule has 0 bridgehead atoms. The van der Waals surface area contributed by atoms with Gasteiger partial charge in [-0.15, -0.1) is 0 Å². The van der Waals surface area contributed by atoms with E-state index >= 15 is 0 Å². The average molecular weight is 241 g/mol. The minimum atomic E-state index is -0.203. The van der Waals surface area contributed by atoms with Gasteiger partial charge in [-0.05, 0) is 24.8 Å². The zero-order valence-electron chi connectivity index (χ0n) is 11.2. The Kier molecular flexibility index (Phi) is 4.51. The van der Waals surface area contributed by atoms with Gasteiger partial charge in [0.25, 0.3) is 0 Å². The first-order chi connectivity index (χ1) is 7.84. The molecule has 0 aromatic rings. The average Bonchev–Trinajstić information content (AvgIpc) is 2.24. The molecule has 1 unspecified atom stereocenters. The number of piperidine rings is 1. The largest absolute Gasteiger partial charge is 0.347 e. The second kappa shape index (κ2) is 5.49. The molecule has 1 rings (SSSR count). The molecule has 0 radical (unpaired) electrons. The highest BCUT2D eigenvalue weighted by Crippen LogP contribution is 2.29. The van der Waals surface area contributed by atoms with Crippen LogP contribution in [-0.2, 0) is 9.59 Å². The van der Waals surface area contributed by atoms with E-state index in [0.717, 1.165) is 19.4 Å². The topological polar surface area (TPSA) is 61.4 Å². The molecule has 5 nitrogen and oxygen atoms in total. The van der Waals surface area contributed by atoms with E-state index in [0.29, 0.717) is 0 Å². The van der Waals surface area contributed by atoms with E-state index in [1.807, 2.05) is 0 Å². The van der Waals surface area contributed by atoms with Crippen molar-refractivity contribution in [2.75, 3.05) is 27.2 Å². The minimum Gasteiger partial charge on any atom is -0.347 e. The third-order valence-corrected chi connectivity index (χ3v) is 3.30. The number of carbonyl (C=O) groups is 2. The first-order valence-corrected chi connectivity index (χ1v) is 6.06. The second-order valence-corrected chi connectivity index (χ2v) is 5.49. The summed E-state index contributed by atoms with van der Waals surface area (Å²) >= 11 is 0. The van der Waals surface area contributed by atoms with E-state index in [-0.39, 0.29) is 29.8 Å². The number of nitrogens with one attached hydrogen (secondary N) is 2. The molecular formula is C12H23N3O2. The summed E-state index contributed by atoms with van der Waals surface area (Å²) in [7, 11) is 3.36. The van der Waals surface area contributed by atoms with Gasteiger partial charge in [0.05, 0.1) is 12.6 Å². The molecular weight excluding hydrogens is 218 g/mol. The maximum absolute atomic E-state index is 12.0. The van der Waals surface area contributed by atoms with Crippen LogP contribution in [0.1, 0.15) is 26.7 Å². The molecule has 0 aliphatic carbocycles. The van der Waals surface area contributed by atoms with Gasteiger partial charge in [0.15, 0.2) is 0 Å². The van der Waals surface area contributed by atoms with Crippen molar-refractivity contribution in [1.29, 1.82) is 0 Å². The third kappa shape index (κ3) is 3.70. The maximum Gasteiger partial charge on any atom is 0.241 e. The van der Waals surface area contributed by atoms with Crippen LogP contribution in [-0.4, -0.2) is 49.9 Å². The Morgan fingerprint density at radius 3 is 2.59 bits per heavy atom. The summed E-state index contributed by atoms with van der Waals surface area (Å²) in [5.41, 5.74) is -0.0521. The zero-order chi connectivity index (χ0) is 13.1. The fourth-order valence-electron chi connectivity index (χ4n) is 2.08. The summed E-state index contributed by atoms with van der Waals surface area (Å²) < 4.78 is 0. The van der Waals surface area contributed by atoms with Crippen LogP contribution in [0.15, 0.2) is 0 Å². The summed E-state index contributed by atoms with van der Waals surface area (Å²) in [5, 5.41) is 5.92. The fourth-order valence-corrected chi connectivity index (χ4v) is 2.08. The van der Waals surface area contributed by atoms with Crippen molar-refractivity contribution >= 4 is 11.8 Å². The van der Waals surface area contributed by atoms with Crippen LogP contribution in [0.25, 0.3) is 0 Å². The lowest BCUT2D eigenvalue weighted by Crippen LogP contribution is -2.56. The smallest absolute Gasteiger partial charge is 0.241 e. The van der Waals surface area contributed by atoms with Gasteiger partial charge in [0.1, 0.15) is 0 Å². The van der Waals surface area contributed by atoms with Crippen LogP contribution in [0.2, 0.25) is 0 Å². The van der Waals surface area contributed by atoms with E-state index in [1.54, 1.807) is 14.1 Å². The first-order valence-electron chi connectivity index (χ1n) is 6.06. The van der Waals surface area contributed by atoms with E-state index in [2.05, 4.69) is 24.5 Å². The predicted molar refractivity (Wildman–Crippen MR) is 66.5 cm³/mol. The number of likely N-dealkylation sites (N-methyl/N-ethyl adjacent to an activating group) is 1. The molecule has 0 saturated carbocycles. The van der Waals surface area contributed by atoms with Crippen molar-refractivity contribution in [3.63, 3.8) is 0 Å². The molecule has 2 amide bonds. The summed E-state index contributed by atoms with van der Waals surface area (Å²) in [5.74, 6) is -0.170. The van der Waals surface area contributed by atoms with Gasteiger partial charge in [0.2, 0.25) is 11.8 Å². The van der Waals surface area contributed by atoms with Crippen LogP contribution in [0, 0.1) is 5.41 Å². The standard InChI is InChI=1S/C12H23N3O2/c1-12(2)6-5-7-13-10(12)11(17)14-8-9(16)15(3)4/h10,13H,5-8H2,1-4H3,(H,14,17). The Morgan fingerprint density at radius 1 is 1.41 bits per heavy atom. The number of hydrogen-bond acceptors (Lipinski definition) is 3. The Hall–Kier alpha value is -1.10. The van der Waals surface area contributed by atoms with Crippen LogP contribution < -0.4 is 10.6 Å². The molecule has 1 atom stereocenters. The monoisotopic (exact) mass is 241 g/mol. The molecule has 2 N–H and O–H groups in total. The van der Waals surface area contributed by atoms with Gasteiger partial charge < -0.3 is 15.5 Å². The first kappa shape index (κ1) is 14.0. The minimum absolute atomic E-state index is 0.0521. The molecule has 0 spiro atoms. The number of nitrogens with zero attached hydrogens (tertiary/aromatic N) is 1. The van der Waals surface area contributed by atoms with Crippen LogP contribution >= 0.6 is 0 Å². The van der Waals surface area contributed by atoms with E-state index in [4.69, 9.17) is 0 Å². The molecule has 0 aromatic heterocycles. The lowest BCUT2D eigenvalue weighted by atomic mass is 9.77. The molecule has 1 aliphatic rings. The van der Waals surface area contributed by atoms with E-state index in [1.165, 1.54) is 4.90 Å². The Balaban J connectivity index is 2.49. The van der Waals surface area contributed by atoms with Crippen LogP contribution in [0.4, 0.5) is 0 Å². The van der Waals surface area contributed by atoms with Gasteiger partial charge in [-0.3, -0.25) is 9.59 Å². The predicted octanol–water partition coefficient (Wildman–Crippen LogP) is -0.0310. The maximum atomic E-state index is 12.0. The highest BCUT2D eigenvalue weighted by molar-refractivity contribution is 5.87. The Bertz CT molecular complexity index is 300. The lowest BCUT2D eigenvalue weighted by molar-refractivity contribution is -0.133. The summed E-state index contributed by atoms with van der Waals surface area (Å²) in [4.78, 5) is 24.9. The molecule has 17 heavy (non-hydrogen) atoms. The molecule has 0 aromatic carbocycles. The number of amides is 2. The molecule has 1 saturated heterocycles. The molecule has 1 fully saturated rings. The normalized spacial score (nSPS) is 22.9. The van der Waals surface area contributed by atoms with E-state index < -0.39 is 0 Å². The fraction of sp³-hybridized carbons (Fsp3) is 0.833. The molecule has 1 aliphatic heterocycles. The quantitative estimate of drug-likeness (QED) is 0.729. The van der Waals surface area contributed by atoms with Gasteiger partial charge in [-0.25, -0.2) is 0 Å². The van der Waals surface area contributed by atoms with E-state index in [9.17, 15) is 9.59 Å². The van der Waals surface area contributed by atoms with Crippen LogP contribution in [0.3, 0.4) is 0 Å². The number of carbonyl (C=O) groups excluding carboxylic acids is 2. The number of rotatable bonds is 3. The van der Waals surface area contributed by atoms with Gasteiger partial charge in [-0.2, -0.15) is 0 Å². The van der Waals surface area contributed by atoms with Gasteiger partial charge in [-0.1, -0.05) is 13.8 Å². The highest BCUT2D eigenvalue weighted by atomic mass is 16.2. The summed E-state index contributed by atoms with van der Waals surface area (Å²) in [6.45, 7) is 5.09. The summed E-state index contributed by atoms with van der Waals surface area (Å²) in [6.07, 6.45) is 2.12. The van der Waals surface area contributed by atoms with Crippen LogP contribution in [0.5, 0.6) is 0 Å². The Labute approximate surface area is 103 Å². The zero-order valence-corrected chi connectivity index (χ0v) is 11.2. The molecule has 98 valence electrons. The Morgan fingerprint density at radius 2 is 2.06 bits per heavy atom. The number of hydrogen-bond donors (Lipinski definition) is 2. The van der Waals surface area contributed by atoms with Gasteiger partial charge in [0, 0.05) is 14.1 Å². The molecule has 1 heterocycles. The van der Waals surface area contributed by atoms with Crippen molar-refractivity contribution in [3.8, 4) is 0 Å². The van der Waals surface area contributed by atoms with Crippen molar-refractivity contribution < 1.29 is 9.59 Å². The third-order valence-electron chi connectivity index (χ3n) is 3.30. The van der Waals surface area contributed by atoms with Crippen molar-refractivity contribution in [2.45, 2.75) is 32.7 Å². The molecule has 5 heteroatoms.